The molecule has 5 heteroatoms. The van der Waals surface area contributed by atoms with Crippen molar-refractivity contribution in [1.82, 2.24) is 9.97 Å². The third-order valence-corrected chi connectivity index (χ3v) is 13.7. The number of rotatable bonds is 2. The number of para-hydroxylation sites is 1. The fourth-order valence-electron chi connectivity index (χ4n) is 12.0. The summed E-state index contributed by atoms with van der Waals surface area (Å²) in [6.45, 7) is 0. The van der Waals surface area contributed by atoms with Gasteiger partial charge in [-0.3, -0.25) is 0 Å². The largest absolute Gasteiger partial charge is 0.455 e. The summed E-state index contributed by atoms with van der Waals surface area (Å²) in [4.78, 5) is 11.0. The molecule has 3 aromatic heterocycles. The van der Waals surface area contributed by atoms with Crippen molar-refractivity contribution in [2.45, 2.75) is 37.5 Å². The molecule has 3 heterocycles. The van der Waals surface area contributed by atoms with Crippen molar-refractivity contribution in [2.75, 3.05) is 0 Å². The molecule has 4 saturated carbocycles. The van der Waals surface area contributed by atoms with Crippen molar-refractivity contribution in [1.29, 1.82) is 0 Å². The maximum atomic E-state index is 15.7. The molecule has 0 saturated heterocycles. The Morgan fingerprint density at radius 2 is 1.32 bits per heavy atom. The van der Waals surface area contributed by atoms with Gasteiger partial charge in [0, 0.05) is 38.1 Å². The standard InChI is InChI=1S/C48H33FN2O2/c49-31-15-17-33-36(23-31)48(29-19-25-18-26(21-29)22-30(48)20-25)37-24-39-41(35-16-14-27-8-4-5-11-32(27)45(35)53-39)42(40(33)37)47-50-43(28-9-2-1-3-10-28)46-44(51-47)34-12-6-7-13-38(34)52-46/h1-17,23-26,29-30H,18-22H2. The second-order valence-electron chi connectivity index (χ2n) is 16.2. The van der Waals surface area contributed by atoms with Crippen LogP contribution >= 0.6 is 0 Å². The number of aromatic nitrogens is 2. The SMILES string of the molecule is Fc1ccc2c(c1)C1(c3cc4oc5c6ccccc6ccc5c4c(-c4nc(-c5ccccc5)c5oc6ccccc6c5n4)c3-2)C2CC3CC(C2)CC1C3. The summed E-state index contributed by atoms with van der Waals surface area (Å²) in [7, 11) is 0. The molecule has 0 N–H and O–H groups in total. The Hall–Kier alpha value is -5.81. The van der Waals surface area contributed by atoms with Gasteiger partial charge in [0.15, 0.2) is 11.4 Å². The van der Waals surface area contributed by atoms with Gasteiger partial charge in [-0.2, -0.15) is 0 Å². The third kappa shape index (κ3) is 3.60. The predicted molar refractivity (Wildman–Crippen MR) is 208 cm³/mol. The zero-order chi connectivity index (χ0) is 34.6. The molecular formula is C48H33FN2O2. The molecule has 4 fully saturated rings. The average molecular weight is 689 g/mol. The molecule has 4 bridgehead atoms. The van der Waals surface area contributed by atoms with Crippen LogP contribution in [0.5, 0.6) is 0 Å². The molecule has 1 spiro atoms. The topological polar surface area (TPSA) is 52.1 Å². The zero-order valence-corrected chi connectivity index (χ0v) is 28.9. The first-order chi connectivity index (χ1) is 26.1. The van der Waals surface area contributed by atoms with E-state index in [0.717, 1.165) is 94.5 Å². The number of furan rings is 2. The molecule has 0 atom stereocenters. The van der Waals surface area contributed by atoms with Crippen LogP contribution in [0.3, 0.4) is 0 Å². The normalized spacial score (nSPS) is 24.0. The molecule has 14 rings (SSSR count). The lowest BCUT2D eigenvalue weighted by Crippen LogP contribution is -2.55. The molecule has 0 aliphatic heterocycles. The van der Waals surface area contributed by atoms with Crippen molar-refractivity contribution in [3.63, 3.8) is 0 Å². The Labute approximate surface area is 304 Å². The number of hydrogen-bond donors (Lipinski definition) is 0. The van der Waals surface area contributed by atoms with E-state index in [-0.39, 0.29) is 11.2 Å². The Balaban J connectivity index is 1.23. The van der Waals surface area contributed by atoms with E-state index in [1.807, 2.05) is 48.5 Å². The molecule has 254 valence electrons. The summed E-state index contributed by atoms with van der Waals surface area (Å²) in [5, 5.41) is 5.22. The lowest BCUT2D eigenvalue weighted by atomic mass is 9.43. The van der Waals surface area contributed by atoms with Crippen LogP contribution in [0.25, 0.3) is 88.6 Å². The summed E-state index contributed by atoms with van der Waals surface area (Å²) in [6, 6.07) is 39.2. The van der Waals surface area contributed by atoms with Crippen LogP contribution in [0.4, 0.5) is 4.39 Å². The zero-order valence-electron chi connectivity index (χ0n) is 28.9. The highest BCUT2D eigenvalue weighted by atomic mass is 19.1. The van der Waals surface area contributed by atoms with Crippen LogP contribution in [0, 0.1) is 29.5 Å². The molecule has 6 aromatic carbocycles. The van der Waals surface area contributed by atoms with E-state index in [1.165, 1.54) is 37.7 Å². The van der Waals surface area contributed by atoms with E-state index in [4.69, 9.17) is 18.8 Å². The molecule has 5 aliphatic carbocycles. The summed E-state index contributed by atoms with van der Waals surface area (Å²) in [5.74, 6) is 2.91. The van der Waals surface area contributed by atoms with E-state index < -0.39 is 0 Å². The smallest absolute Gasteiger partial charge is 0.180 e. The molecular weight excluding hydrogens is 656 g/mol. The van der Waals surface area contributed by atoms with Crippen LogP contribution in [-0.2, 0) is 5.41 Å². The Kier molecular flexibility index (Phi) is 5.41. The van der Waals surface area contributed by atoms with Gasteiger partial charge >= 0.3 is 0 Å². The maximum absolute atomic E-state index is 15.7. The van der Waals surface area contributed by atoms with E-state index >= 15 is 4.39 Å². The lowest BCUT2D eigenvalue weighted by Gasteiger charge is -2.61. The van der Waals surface area contributed by atoms with E-state index in [9.17, 15) is 0 Å². The minimum atomic E-state index is -0.279. The van der Waals surface area contributed by atoms with Gasteiger partial charge in [-0.25, -0.2) is 14.4 Å². The molecule has 0 radical (unpaired) electrons. The number of nitrogens with zero attached hydrogens (tertiary/aromatic N) is 2. The number of fused-ring (bicyclic) bond motifs is 11. The Morgan fingerprint density at radius 3 is 2.15 bits per heavy atom. The monoisotopic (exact) mass is 688 g/mol. The summed E-state index contributed by atoms with van der Waals surface area (Å²) in [6.07, 6.45) is 6.14. The molecule has 9 aromatic rings. The Bertz CT molecular complexity index is 3020. The van der Waals surface area contributed by atoms with Gasteiger partial charge in [-0.15, -0.1) is 0 Å². The second-order valence-corrected chi connectivity index (χ2v) is 16.2. The number of halogens is 1. The third-order valence-electron chi connectivity index (χ3n) is 13.7. The fraction of sp³-hybridized carbons (Fsp3) is 0.208. The molecule has 5 aliphatic rings. The first kappa shape index (κ1) is 28.7. The Morgan fingerprint density at radius 1 is 0.585 bits per heavy atom. The predicted octanol–water partition coefficient (Wildman–Crippen LogP) is 12.6. The van der Waals surface area contributed by atoms with Gasteiger partial charge in [0.25, 0.3) is 0 Å². The fourth-order valence-corrected chi connectivity index (χ4v) is 12.0. The maximum Gasteiger partial charge on any atom is 0.180 e. The van der Waals surface area contributed by atoms with Gasteiger partial charge < -0.3 is 8.83 Å². The summed E-state index contributed by atoms with van der Waals surface area (Å²) in [5.41, 5.74) is 11.1. The quantitative estimate of drug-likeness (QED) is 0.181. The summed E-state index contributed by atoms with van der Waals surface area (Å²) < 4.78 is 29.3. The minimum absolute atomic E-state index is 0.166. The first-order valence-electron chi connectivity index (χ1n) is 19.1. The van der Waals surface area contributed by atoms with Crippen LogP contribution < -0.4 is 0 Å². The van der Waals surface area contributed by atoms with E-state index in [1.54, 1.807) is 6.07 Å². The van der Waals surface area contributed by atoms with E-state index in [0.29, 0.717) is 23.2 Å². The second kappa shape index (κ2) is 9.99. The van der Waals surface area contributed by atoms with Crippen molar-refractivity contribution in [3.8, 4) is 33.8 Å². The van der Waals surface area contributed by atoms with Gasteiger partial charge in [-0.1, -0.05) is 78.9 Å². The first-order valence-corrected chi connectivity index (χ1v) is 19.1. The highest BCUT2D eigenvalue weighted by Gasteiger charge is 2.62. The van der Waals surface area contributed by atoms with Gasteiger partial charge in [0.1, 0.15) is 33.8 Å². The highest BCUT2D eigenvalue weighted by Crippen LogP contribution is 2.70. The molecule has 53 heavy (non-hydrogen) atoms. The minimum Gasteiger partial charge on any atom is -0.455 e. The molecule has 0 amide bonds. The van der Waals surface area contributed by atoms with Gasteiger partial charge in [0.05, 0.1) is 0 Å². The number of benzene rings is 6. The van der Waals surface area contributed by atoms with Crippen molar-refractivity contribution < 1.29 is 13.2 Å². The van der Waals surface area contributed by atoms with Gasteiger partial charge in [0.2, 0.25) is 0 Å². The molecule has 4 nitrogen and oxygen atoms in total. The summed E-state index contributed by atoms with van der Waals surface area (Å²) >= 11 is 0. The van der Waals surface area contributed by atoms with Crippen molar-refractivity contribution in [2.24, 2.45) is 23.7 Å². The van der Waals surface area contributed by atoms with Crippen LogP contribution in [0.2, 0.25) is 0 Å². The van der Waals surface area contributed by atoms with E-state index in [2.05, 4.69) is 60.7 Å². The average Bonchev–Trinajstić information content (AvgIpc) is 3.84. The van der Waals surface area contributed by atoms with Crippen LogP contribution in [-0.4, -0.2) is 9.97 Å². The number of hydrogen-bond acceptors (Lipinski definition) is 4. The van der Waals surface area contributed by atoms with Gasteiger partial charge in [-0.05, 0) is 120 Å². The van der Waals surface area contributed by atoms with Crippen molar-refractivity contribution in [3.05, 3.63) is 132 Å². The van der Waals surface area contributed by atoms with Crippen LogP contribution in [0.15, 0.2) is 124 Å². The van der Waals surface area contributed by atoms with Crippen molar-refractivity contribution >= 4 is 54.8 Å². The lowest BCUT2D eigenvalue weighted by molar-refractivity contribution is -0.0400. The highest BCUT2D eigenvalue weighted by molar-refractivity contribution is 6.22. The molecule has 0 unspecified atom stereocenters. The van der Waals surface area contributed by atoms with Crippen LogP contribution in [0.1, 0.15) is 43.2 Å².